The fourth-order valence-corrected chi connectivity index (χ4v) is 3.47. The zero-order valence-corrected chi connectivity index (χ0v) is 14.8. The van der Waals surface area contributed by atoms with E-state index in [9.17, 15) is 0 Å². The molecule has 0 bridgehead atoms. The second kappa shape index (κ2) is 8.56. The average molecular weight is 306 g/mol. The van der Waals surface area contributed by atoms with Gasteiger partial charge in [-0.05, 0) is 50.6 Å². The fraction of sp³-hybridized carbons (Fsp3) is 0.833. The third kappa shape index (κ3) is 5.01. The van der Waals surface area contributed by atoms with Crippen LogP contribution in [0.3, 0.4) is 0 Å². The largest absolute Gasteiger partial charge is 0.355 e. The second-order valence-corrected chi connectivity index (χ2v) is 7.27. The molecule has 1 aliphatic heterocycles. The van der Waals surface area contributed by atoms with Gasteiger partial charge >= 0.3 is 0 Å². The van der Waals surface area contributed by atoms with E-state index in [1.807, 2.05) is 7.05 Å². The Labute approximate surface area is 136 Å². The van der Waals surface area contributed by atoms with Crippen molar-refractivity contribution in [2.45, 2.75) is 58.5 Å². The maximum Gasteiger partial charge on any atom is 0.191 e. The second-order valence-electron chi connectivity index (χ2n) is 7.27. The molecule has 4 nitrogen and oxygen atoms in total. The minimum absolute atomic E-state index is 0.513. The van der Waals surface area contributed by atoms with Crippen molar-refractivity contribution in [3.63, 3.8) is 0 Å². The van der Waals surface area contributed by atoms with E-state index in [1.54, 1.807) is 0 Å². The monoisotopic (exact) mass is 306 g/mol. The summed E-state index contributed by atoms with van der Waals surface area (Å²) in [6, 6.07) is 1.10. The molecule has 0 amide bonds. The van der Waals surface area contributed by atoms with Gasteiger partial charge in [0.1, 0.15) is 0 Å². The first-order valence-electron chi connectivity index (χ1n) is 8.96. The van der Waals surface area contributed by atoms with Gasteiger partial charge in [-0.1, -0.05) is 32.9 Å². The lowest BCUT2D eigenvalue weighted by atomic mass is 9.94. The van der Waals surface area contributed by atoms with Crippen LogP contribution in [0.25, 0.3) is 0 Å². The summed E-state index contributed by atoms with van der Waals surface area (Å²) < 4.78 is 0. The van der Waals surface area contributed by atoms with Crippen molar-refractivity contribution in [2.24, 2.45) is 16.8 Å². The summed E-state index contributed by atoms with van der Waals surface area (Å²) in [7, 11) is 1.87. The van der Waals surface area contributed by atoms with Crippen molar-refractivity contribution in [1.29, 1.82) is 0 Å². The molecule has 0 aromatic heterocycles. The predicted octanol–water partition coefficient (Wildman–Crippen LogP) is 2.63. The van der Waals surface area contributed by atoms with E-state index in [2.05, 4.69) is 53.4 Å². The van der Waals surface area contributed by atoms with Crippen molar-refractivity contribution < 1.29 is 0 Å². The van der Waals surface area contributed by atoms with Gasteiger partial charge in [-0.25, -0.2) is 0 Å². The number of hydrogen-bond acceptors (Lipinski definition) is 2. The Balaban J connectivity index is 1.82. The summed E-state index contributed by atoms with van der Waals surface area (Å²) in [6.07, 6.45) is 9.39. The topological polar surface area (TPSA) is 39.7 Å². The van der Waals surface area contributed by atoms with Crippen molar-refractivity contribution in [1.82, 2.24) is 15.5 Å². The first-order valence-corrected chi connectivity index (χ1v) is 8.96. The first-order chi connectivity index (χ1) is 10.6. The lowest BCUT2D eigenvalue weighted by Gasteiger charge is -2.39. The first kappa shape index (κ1) is 17.3. The van der Waals surface area contributed by atoms with E-state index in [1.165, 1.54) is 25.9 Å². The van der Waals surface area contributed by atoms with Crippen LogP contribution in [0.5, 0.6) is 0 Å². The maximum absolute atomic E-state index is 4.39. The third-order valence-corrected chi connectivity index (χ3v) is 5.11. The van der Waals surface area contributed by atoms with Crippen molar-refractivity contribution in [3.8, 4) is 0 Å². The van der Waals surface area contributed by atoms with Gasteiger partial charge in [0.05, 0.1) is 0 Å². The zero-order chi connectivity index (χ0) is 15.9. The molecule has 2 aliphatic rings. The molecule has 0 radical (unpaired) electrons. The molecule has 2 N–H and O–H groups in total. The maximum atomic E-state index is 4.39. The van der Waals surface area contributed by atoms with E-state index < -0.39 is 0 Å². The third-order valence-electron chi connectivity index (χ3n) is 5.11. The minimum Gasteiger partial charge on any atom is -0.355 e. The van der Waals surface area contributed by atoms with Gasteiger partial charge in [0, 0.05) is 25.7 Å². The molecule has 0 aromatic rings. The Morgan fingerprint density at radius 1 is 1.23 bits per heavy atom. The molecule has 1 atom stereocenters. The number of guanidine groups is 1. The summed E-state index contributed by atoms with van der Waals surface area (Å²) in [5, 5.41) is 7.08. The van der Waals surface area contributed by atoms with E-state index in [0.29, 0.717) is 18.0 Å². The van der Waals surface area contributed by atoms with Gasteiger partial charge in [0.2, 0.25) is 0 Å². The summed E-state index contributed by atoms with van der Waals surface area (Å²) in [5.74, 6) is 2.50. The Morgan fingerprint density at radius 2 is 1.86 bits per heavy atom. The summed E-state index contributed by atoms with van der Waals surface area (Å²) in [5.41, 5.74) is 0. The Bertz CT molecular complexity index is 373. The van der Waals surface area contributed by atoms with Gasteiger partial charge in [-0.15, -0.1) is 0 Å². The van der Waals surface area contributed by atoms with Crippen molar-refractivity contribution in [3.05, 3.63) is 12.2 Å². The van der Waals surface area contributed by atoms with Crippen LogP contribution in [0.1, 0.15) is 46.5 Å². The predicted molar refractivity (Wildman–Crippen MR) is 95.3 cm³/mol. The highest BCUT2D eigenvalue weighted by Crippen LogP contribution is 2.21. The quantitative estimate of drug-likeness (QED) is 0.466. The molecule has 1 fully saturated rings. The Kier molecular flexibility index (Phi) is 6.74. The van der Waals surface area contributed by atoms with Crippen molar-refractivity contribution in [2.75, 3.05) is 26.7 Å². The van der Waals surface area contributed by atoms with Crippen molar-refractivity contribution >= 4 is 5.96 Å². The summed E-state index contributed by atoms with van der Waals surface area (Å²) in [6.45, 7) is 10.5. The van der Waals surface area contributed by atoms with Crippen LogP contribution in [0.2, 0.25) is 0 Å². The molecule has 1 aliphatic carbocycles. The molecule has 1 heterocycles. The molecule has 1 unspecified atom stereocenters. The molecule has 126 valence electrons. The van der Waals surface area contributed by atoms with Crippen LogP contribution in [0.15, 0.2) is 17.1 Å². The molecule has 0 aromatic carbocycles. The number of rotatable bonds is 5. The number of nitrogens with one attached hydrogen (secondary N) is 2. The number of hydrogen-bond donors (Lipinski definition) is 2. The average Bonchev–Trinajstić information content (AvgIpc) is 3.00. The smallest absolute Gasteiger partial charge is 0.191 e. The van der Waals surface area contributed by atoms with Crippen LogP contribution in [-0.2, 0) is 0 Å². The molecule has 22 heavy (non-hydrogen) atoms. The SMILES string of the molecule is CN=C(NCC(C(C)C)N1CCC(C)CC1)NC1CC=CC1. The van der Waals surface area contributed by atoms with Gasteiger partial charge in [0.15, 0.2) is 5.96 Å². The standard InChI is InChI=1S/C18H34N4/c1-14(2)17(22-11-9-15(3)10-12-22)13-20-18(19-4)21-16-7-5-6-8-16/h5-6,14-17H,7-13H2,1-4H3,(H2,19,20,21). The summed E-state index contributed by atoms with van der Waals surface area (Å²) in [4.78, 5) is 7.06. The fourth-order valence-electron chi connectivity index (χ4n) is 3.47. The zero-order valence-electron chi connectivity index (χ0n) is 14.8. The number of nitrogens with zero attached hydrogens (tertiary/aromatic N) is 2. The molecule has 0 spiro atoms. The molecule has 4 heteroatoms. The molecule has 1 saturated heterocycles. The number of likely N-dealkylation sites (tertiary alicyclic amines) is 1. The van der Waals surface area contributed by atoms with E-state index in [0.717, 1.165) is 31.3 Å². The number of aliphatic imine (C=N–C) groups is 1. The van der Waals surface area contributed by atoms with Gasteiger partial charge in [0.25, 0.3) is 0 Å². The van der Waals surface area contributed by atoms with E-state index >= 15 is 0 Å². The minimum atomic E-state index is 0.513. The molecule has 0 saturated carbocycles. The van der Waals surface area contributed by atoms with Crippen LogP contribution in [-0.4, -0.2) is 49.6 Å². The summed E-state index contributed by atoms with van der Waals surface area (Å²) >= 11 is 0. The number of piperidine rings is 1. The van der Waals surface area contributed by atoms with Crippen LogP contribution in [0, 0.1) is 11.8 Å². The highest BCUT2D eigenvalue weighted by molar-refractivity contribution is 5.80. The Morgan fingerprint density at radius 3 is 2.41 bits per heavy atom. The normalized spacial score (nSPS) is 23.2. The van der Waals surface area contributed by atoms with E-state index in [4.69, 9.17) is 0 Å². The lowest BCUT2D eigenvalue weighted by Crippen LogP contribution is -2.52. The van der Waals surface area contributed by atoms with E-state index in [-0.39, 0.29) is 0 Å². The lowest BCUT2D eigenvalue weighted by molar-refractivity contribution is 0.110. The molecular weight excluding hydrogens is 272 g/mol. The van der Waals surface area contributed by atoms with Crippen LogP contribution >= 0.6 is 0 Å². The van der Waals surface area contributed by atoms with Crippen LogP contribution < -0.4 is 10.6 Å². The molecular formula is C18H34N4. The van der Waals surface area contributed by atoms with Gasteiger partial charge < -0.3 is 10.6 Å². The van der Waals surface area contributed by atoms with Crippen LogP contribution in [0.4, 0.5) is 0 Å². The highest BCUT2D eigenvalue weighted by Gasteiger charge is 2.25. The Hall–Kier alpha value is -1.03. The highest BCUT2D eigenvalue weighted by atomic mass is 15.2. The molecule has 2 rings (SSSR count). The van der Waals surface area contributed by atoms with Gasteiger partial charge in [-0.2, -0.15) is 0 Å². The van der Waals surface area contributed by atoms with Gasteiger partial charge in [-0.3, -0.25) is 9.89 Å².